The summed E-state index contributed by atoms with van der Waals surface area (Å²) in [7, 11) is 0. The molecule has 0 saturated heterocycles. The van der Waals surface area contributed by atoms with Crippen LogP contribution in [0.2, 0.25) is 0 Å². The molecule has 0 aliphatic carbocycles. The van der Waals surface area contributed by atoms with Gasteiger partial charge >= 0.3 is 0 Å². The van der Waals surface area contributed by atoms with Crippen molar-refractivity contribution < 1.29 is 0 Å². The molecule has 0 aliphatic rings. The highest BCUT2D eigenvalue weighted by Crippen LogP contribution is 1.98. The Kier molecular flexibility index (Phi) is 4.14. The van der Waals surface area contributed by atoms with Crippen molar-refractivity contribution in [2.24, 2.45) is 0 Å². The fourth-order valence-corrected chi connectivity index (χ4v) is 1.59. The zero-order valence-corrected chi connectivity index (χ0v) is 9.34. The third kappa shape index (κ3) is 2.84. The van der Waals surface area contributed by atoms with Crippen molar-refractivity contribution in [3.63, 3.8) is 0 Å². The van der Waals surface area contributed by atoms with Crippen LogP contribution in [0.25, 0.3) is 0 Å². The maximum Gasteiger partial charge on any atom is 0.253 e. The molecule has 0 bridgehead atoms. The quantitative estimate of drug-likeness (QED) is 0.567. The molecule has 1 rings (SSSR count). The van der Waals surface area contributed by atoms with Crippen LogP contribution in [-0.4, -0.2) is 15.4 Å². The van der Waals surface area contributed by atoms with Crippen LogP contribution < -0.4 is 5.56 Å². The molecule has 1 aromatic heterocycles. The molecule has 14 heavy (non-hydrogen) atoms. The fraction of sp³-hybridized carbons (Fsp3) is 0.600. The Balaban J connectivity index is 2.81. The maximum absolute atomic E-state index is 11.5. The molecule has 0 fully saturated rings. The van der Waals surface area contributed by atoms with Crippen LogP contribution >= 0.6 is 11.6 Å². The van der Waals surface area contributed by atoms with Crippen LogP contribution in [0.15, 0.2) is 10.9 Å². The molecule has 0 atom stereocenters. The molecule has 0 amide bonds. The number of hydrogen-bond acceptors (Lipinski definition) is 2. The van der Waals surface area contributed by atoms with Crippen LogP contribution in [0.5, 0.6) is 0 Å². The zero-order valence-electron chi connectivity index (χ0n) is 8.59. The highest BCUT2D eigenvalue weighted by atomic mass is 35.5. The summed E-state index contributed by atoms with van der Waals surface area (Å²) >= 11 is 5.57. The van der Waals surface area contributed by atoms with Crippen molar-refractivity contribution in [2.75, 3.05) is 5.88 Å². The summed E-state index contributed by atoms with van der Waals surface area (Å²) in [6.07, 6.45) is 1.86. The van der Waals surface area contributed by atoms with Crippen molar-refractivity contribution in [3.05, 3.63) is 27.9 Å². The predicted octanol–water partition coefficient (Wildman–Crippen LogP) is 1.88. The number of alkyl halides is 1. The van der Waals surface area contributed by atoms with E-state index in [4.69, 9.17) is 11.6 Å². The summed E-state index contributed by atoms with van der Waals surface area (Å²) in [5.74, 6) is 1.43. The second-order valence-electron chi connectivity index (χ2n) is 3.33. The molecule has 0 unspecified atom stereocenters. The van der Waals surface area contributed by atoms with Gasteiger partial charge in [0.15, 0.2) is 0 Å². The zero-order chi connectivity index (χ0) is 10.6. The molecule has 0 aliphatic heterocycles. The van der Waals surface area contributed by atoms with Gasteiger partial charge in [-0.15, -0.1) is 11.6 Å². The number of unbranched alkanes of at least 4 members (excludes halogenated alkanes) is 1. The Labute approximate surface area is 88.7 Å². The van der Waals surface area contributed by atoms with Gasteiger partial charge in [-0.05, 0) is 26.7 Å². The van der Waals surface area contributed by atoms with Gasteiger partial charge in [0.2, 0.25) is 0 Å². The van der Waals surface area contributed by atoms with Crippen LogP contribution in [0.4, 0.5) is 0 Å². The highest BCUT2D eigenvalue weighted by Gasteiger charge is 2.01. The lowest BCUT2D eigenvalue weighted by Crippen LogP contribution is -2.23. The fourth-order valence-electron chi connectivity index (χ4n) is 1.40. The summed E-state index contributed by atoms with van der Waals surface area (Å²) < 4.78 is 1.69. The van der Waals surface area contributed by atoms with Gasteiger partial charge in [0.25, 0.3) is 5.56 Å². The van der Waals surface area contributed by atoms with Gasteiger partial charge < -0.3 is 0 Å². The number of aromatic nitrogens is 2. The van der Waals surface area contributed by atoms with Crippen LogP contribution in [0.1, 0.15) is 24.4 Å². The second-order valence-corrected chi connectivity index (χ2v) is 3.71. The lowest BCUT2D eigenvalue weighted by atomic mass is 10.3. The van der Waals surface area contributed by atoms with E-state index in [0.717, 1.165) is 24.4 Å². The Morgan fingerprint density at radius 3 is 2.71 bits per heavy atom. The third-order valence-electron chi connectivity index (χ3n) is 2.09. The first kappa shape index (κ1) is 11.2. The van der Waals surface area contributed by atoms with Gasteiger partial charge in [-0.1, -0.05) is 0 Å². The van der Waals surface area contributed by atoms with Gasteiger partial charge in [0.1, 0.15) is 5.82 Å². The third-order valence-corrected chi connectivity index (χ3v) is 2.36. The number of rotatable bonds is 4. The summed E-state index contributed by atoms with van der Waals surface area (Å²) in [6.45, 7) is 4.40. The predicted molar refractivity (Wildman–Crippen MR) is 57.9 cm³/mol. The topological polar surface area (TPSA) is 34.9 Å². The Bertz CT molecular complexity index is 360. The number of nitrogens with zero attached hydrogens (tertiary/aromatic N) is 2. The lowest BCUT2D eigenvalue weighted by Gasteiger charge is -2.08. The number of halogens is 1. The molecule has 0 aromatic carbocycles. The van der Waals surface area contributed by atoms with E-state index in [1.54, 1.807) is 10.6 Å². The van der Waals surface area contributed by atoms with Crippen molar-refractivity contribution in [1.29, 1.82) is 0 Å². The first-order valence-electron chi connectivity index (χ1n) is 4.76. The molecule has 0 spiro atoms. The Hall–Kier alpha value is -0.830. The summed E-state index contributed by atoms with van der Waals surface area (Å²) in [5, 5.41) is 0. The standard InChI is InChI=1S/C10H15ClN2O/c1-8-7-10(14)13(9(2)12-8)6-4-3-5-11/h7H,3-6H2,1-2H3. The molecule has 78 valence electrons. The SMILES string of the molecule is Cc1cc(=O)n(CCCCCl)c(C)n1. The molecule has 1 aromatic rings. The van der Waals surface area contributed by atoms with E-state index < -0.39 is 0 Å². The van der Waals surface area contributed by atoms with Crippen molar-refractivity contribution in [1.82, 2.24) is 9.55 Å². The smallest absolute Gasteiger partial charge is 0.253 e. The van der Waals surface area contributed by atoms with E-state index >= 15 is 0 Å². The van der Waals surface area contributed by atoms with E-state index in [1.807, 2.05) is 13.8 Å². The summed E-state index contributed by atoms with van der Waals surface area (Å²) in [6, 6.07) is 1.56. The van der Waals surface area contributed by atoms with E-state index in [0.29, 0.717) is 12.4 Å². The van der Waals surface area contributed by atoms with Gasteiger partial charge in [-0.3, -0.25) is 9.36 Å². The van der Waals surface area contributed by atoms with Gasteiger partial charge in [0.05, 0.1) is 0 Å². The van der Waals surface area contributed by atoms with Gasteiger partial charge in [-0.2, -0.15) is 0 Å². The minimum atomic E-state index is 0.0320. The monoisotopic (exact) mass is 214 g/mol. The van der Waals surface area contributed by atoms with E-state index in [9.17, 15) is 4.79 Å². The van der Waals surface area contributed by atoms with Crippen molar-refractivity contribution >= 4 is 11.6 Å². The molecular weight excluding hydrogens is 200 g/mol. The molecule has 4 heteroatoms. The highest BCUT2D eigenvalue weighted by molar-refractivity contribution is 6.17. The van der Waals surface area contributed by atoms with Crippen LogP contribution in [0.3, 0.4) is 0 Å². The van der Waals surface area contributed by atoms with Gasteiger partial charge in [-0.25, -0.2) is 4.98 Å². The summed E-state index contributed by atoms with van der Waals surface area (Å²) in [5.41, 5.74) is 0.811. The largest absolute Gasteiger partial charge is 0.297 e. The number of hydrogen-bond donors (Lipinski definition) is 0. The minimum absolute atomic E-state index is 0.0320. The van der Waals surface area contributed by atoms with Crippen LogP contribution in [0, 0.1) is 13.8 Å². The summed E-state index contributed by atoms with van der Waals surface area (Å²) in [4.78, 5) is 15.8. The maximum atomic E-state index is 11.5. The van der Waals surface area contributed by atoms with Crippen molar-refractivity contribution in [2.45, 2.75) is 33.2 Å². The molecule has 0 saturated carbocycles. The average molecular weight is 215 g/mol. The molecular formula is C10H15ClN2O. The first-order valence-corrected chi connectivity index (χ1v) is 5.29. The normalized spacial score (nSPS) is 10.5. The Morgan fingerprint density at radius 2 is 2.14 bits per heavy atom. The first-order chi connectivity index (χ1) is 6.65. The second kappa shape index (κ2) is 5.15. The van der Waals surface area contributed by atoms with E-state index in [2.05, 4.69) is 4.98 Å². The Morgan fingerprint density at radius 1 is 1.43 bits per heavy atom. The van der Waals surface area contributed by atoms with E-state index in [-0.39, 0.29) is 5.56 Å². The minimum Gasteiger partial charge on any atom is -0.297 e. The van der Waals surface area contributed by atoms with Gasteiger partial charge in [0, 0.05) is 24.2 Å². The van der Waals surface area contributed by atoms with Crippen molar-refractivity contribution in [3.8, 4) is 0 Å². The molecule has 0 N–H and O–H groups in total. The lowest BCUT2D eigenvalue weighted by molar-refractivity contribution is 0.584. The molecule has 3 nitrogen and oxygen atoms in total. The number of aryl methyl sites for hydroxylation is 2. The molecule has 0 radical (unpaired) electrons. The van der Waals surface area contributed by atoms with Crippen LogP contribution in [-0.2, 0) is 6.54 Å². The molecule has 1 heterocycles. The van der Waals surface area contributed by atoms with E-state index in [1.165, 1.54) is 0 Å². The average Bonchev–Trinajstić information content (AvgIpc) is 2.09.